The fourth-order valence-electron chi connectivity index (χ4n) is 8.18. The van der Waals surface area contributed by atoms with Gasteiger partial charge in [0.15, 0.2) is 29.6 Å². The molecule has 1 amide bonds. The Kier molecular flexibility index (Phi) is 11.5. The maximum Gasteiger partial charge on any atom is 0.326 e. The van der Waals surface area contributed by atoms with Gasteiger partial charge in [-0.1, -0.05) is 79.7 Å². The highest BCUT2D eigenvalue weighted by Gasteiger charge is 2.40. The van der Waals surface area contributed by atoms with Crippen LogP contribution in [0.3, 0.4) is 0 Å². The molecule has 0 aliphatic carbocycles. The van der Waals surface area contributed by atoms with E-state index in [4.69, 9.17) is 9.47 Å². The van der Waals surface area contributed by atoms with E-state index in [0.717, 1.165) is 64.8 Å². The normalized spacial score (nSPS) is 20.3. The van der Waals surface area contributed by atoms with Crippen molar-refractivity contribution in [3.63, 3.8) is 0 Å². The molecule has 6 aromatic rings. The topological polar surface area (TPSA) is 109 Å². The van der Waals surface area contributed by atoms with Crippen molar-refractivity contribution in [3.8, 4) is 11.1 Å². The first-order chi connectivity index (χ1) is 28.5. The zero-order valence-corrected chi connectivity index (χ0v) is 31.9. The Morgan fingerprint density at radius 1 is 0.780 bits per heavy atom. The number of rotatable bonds is 10. The number of hydrogen-bond donors (Lipinski definition) is 3. The number of benzene rings is 5. The molecular weight excluding hydrogens is 772 g/mol. The second-order valence-electron chi connectivity index (χ2n) is 15.1. The Labute approximate surface area is 336 Å². The lowest BCUT2D eigenvalue weighted by Gasteiger charge is -2.44. The number of carbonyl (C=O) groups is 1. The molecule has 1 aromatic heterocycles. The maximum atomic E-state index is 14.3. The number of carbonyl (C=O) groups excluding carboxylic acids is 1. The van der Waals surface area contributed by atoms with E-state index >= 15 is 0 Å². The van der Waals surface area contributed by atoms with Gasteiger partial charge in [-0.2, -0.15) is 0 Å². The molecule has 14 heteroatoms. The lowest BCUT2D eigenvalue weighted by atomic mass is 9.89. The molecule has 2 aliphatic rings. The Balaban J connectivity index is 0.998. The summed E-state index contributed by atoms with van der Waals surface area (Å²) in [5.41, 5.74) is 4.56. The molecule has 0 saturated carbocycles. The van der Waals surface area contributed by atoms with Crippen LogP contribution in [-0.4, -0.2) is 51.2 Å². The van der Waals surface area contributed by atoms with Gasteiger partial charge in [0, 0.05) is 43.7 Å². The van der Waals surface area contributed by atoms with Crippen LogP contribution >= 0.6 is 0 Å². The van der Waals surface area contributed by atoms with Crippen LogP contribution in [0.1, 0.15) is 70.8 Å². The molecule has 3 heterocycles. The number of imidazole rings is 1. The van der Waals surface area contributed by atoms with E-state index < -0.39 is 46.8 Å². The number of ether oxygens (including phenoxy) is 2. The lowest BCUT2D eigenvalue weighted by Crippen LogP contribution is -2.47. The third-order valence-corrected chi connectivity index (χ3v) is 11.4. The van der Waals surface area contributed by atoms with Gasteiger partial charge in [-0.05, 0) is 64.9 Å². The van der Waals surface area contributed by atoms with Gasteiger partial charge >= 0.3 is 5.69 Å². The molecule has 306 valence electrons. The number of amides is 1. The number of piperidine rings is 1. The maximum absolute atomic E-state index is 14.3. The van der Waals surface area contributed by atoms with E-state index in [1.54, 1.807) is 18.2 Å². The molecule has 2 aliphatic heterocycles. The van der Waals surface area contributed by atoms with Crippen molar-refractivity contribution in [2.24, 2.45) is 5.92 Å². The Morgan fingerprint density at radius 3 is 2.15 bits per heavy atom. The highest BCUT2D eigenvalue weighted by molar-refractivity contribution is 5.94. The second kappa shape index (κ2) is 16.9. The van der Waals surface area contributed by atoms with Crippen molar-refractivity contribution in [3.05, 3.63) is 164 Å². The van der Waals surface area contributed by atoms with Crippen LogP contribution in [0.25, 0.3) is 22.2 Å². The number of aliphatic hydroxyl groups is 1. The molecule has 4 atom stereocenters. The SMILES string of the molecule is C[C@@H]1[C@H](CN2CCC(n3c(=O)[nH]c4ccccc43)CC2)O[C@H](c2cccc(-c3cccc(CNC(=O)c4c(F)c(F)c(F)c(F)c4F)c3)c2)O[C@@H]1c1ccc(CO)cc1. The lowest BCUT2D eigenvalue weighted by molar-refractivity contribution is -0.276. The van der Waals surface area contributed by atoms with Crippen molar-refractivity contribution in [1.82, 2.24) is 19.8 Å². The summed E-state index contributed by atoms with van der Waals surface area (Å²) in [6.45, 7) is 3.96. The third-order valence-electron chi connectivity index (χ3n) is 11.4. The van der Waals surface area contributed by atoms with Crippen LogP contribution in [0.2, 0.25) is 0 Å². The van der Waals surface area contributed by atoms with Crippen LogP contribution in [0, 0.1) is 35.0 Å². The van der Waals surface area contributed by atoms with Crippen molar-refractivity contribution in [1.29, 1.82) is 0 Å². The van der Waals surface area contributed by atoms with Gasteiger partial charge in [0.2, 0.25) is 5.82 Å². The predicted molar refractivity (Wildman–Crippen MR) is 210 cm³/mol. The van der Waals surface area contributed by atoms with Gasteiger partial charge in [-0.15, -0.1) is 0 Å². The molecule has 0 radical (unpaired) electrons. The number of hydrogen-bond acceptors (Lipinski definition) is 6. The monoisotopic (exact) mass is 812 g/mol. The summed E-state index contributed by atoms with van der Waals surface area (Å²) < 4.78 is 84.9. The number of aliphatic hydroxyl groups excluding tert-OH is 1. The number of likely N-dealkylation sites (tertiary alicyclic amines) is 1. The largest absolute Gasteiger partial charge is 0.392 e. The van der Waals surface area contributed by atoms with E-state index in [2.05, 4.69) is 22.1 Å². The minimum absolute atomic E-state index is 0.0555. The van der Waals surface area contributed by atoms with Crippen LogP contribution in [0.4, 0.5) is 22.0 Å². The van der Waals surface area contributed by atoms with Crippen LogP contribution in [0.15, 0.2) is 102 Å². The van der Waals surface area contributed by atoms with E-state index in [-0.39, 0.29) is 43.0 Å². The minimum Gasteiger partial charge on any atom is -0.392 e. The van der Waals surface area contributed by atoms with E-state index in [1.807, 2.05) is 83.4 Å². The van der Waals surface area contributed by atoms with Crippen LogP contribution in [-0.2, 0) is 22.6 Å². The number of aromatic nitrogens is 2. The molecular formula is C45H41F5N4O5. The van der Waals surface area contributed by atoms with Gasteiger partial charge in [0.1, 0.15) is 5.56 Å². The molecule has 8 rings (SSSR count). The predicted octanol–water partition coefficient (Wildman–Crippen LogP) is 8.24. The summed E-state index contributed by atoms with van der Waals surface area (Å²) in [6.07, 6.45) is 0.261. The van der Waals surface area contributed by atoms with Gasteiger partial charge in [-0.3, -0.25) is 9.36 Å². The van der Waals surface area contributed by atoms with E-state index in [9.17, 15) is 36.6 Å². The smallest absolute Gasteiger partial charge is 0.326 e. The first kappa shape index (κ1) is 40.1. The molecule has 2 fully saturated rings. The average Bonchev–Trinajstić information content (AvgIpc) is 3.61. The first-order valence-electron chi connectivity index (χ1n) is 19.4. The molecule has 3 N–H and O–H groups in total. The Hall–Kier alpha value is -5.67. The molecule has 0 unspecified atom stereocenters. The number of halogens is 5. The van der Waals surface area contributed by atoms with Gasteiger partial charge in [0.25, 0.3) is 5.91 Å². The quantitative estimate of drug-likeness (QED) is 0.0731. The highest BCUT2D eigenvalue weighted by atomic mass is 19.2. The van der Waals surface area contributed by atoms with Crippen molar-refractivity contribution in [2.75, 3.05) is 19.6 Å². The summed E-state index contributed by atoms with van der Waals surface area (Å²) >= 11 is 0. The summed E-state index contributed by atoms with van der Waals surface area (Å²) in [6, 6.07) is 30.0. The minimum atomic E-state index is -2.34. The fourth-order valence-corrected chi connectivity index (χ4v) is 8.18. The summed E-state index contributed by atoms with van der Waals surface area (Å²) in [5, 5.41) is 11.9. The second-order valence-corrected chi connectivity index (χ2v) is 15.1. The number of nitrogens with one attached hydrogen (secondary N) is 2. The van der Waals surface area contributed by atoms with Crippen LogP contribution in [0.5, 0.6) is 0 Å². The van der Waals surface area contributed by atoms with Crippen molar-refractivity contribution < 1.29 is 41.3 Å². The molecule has 2 saturated heterocycles. The van der Waals surface area contributed by atoms with E-state index in [1.165, 1.54) is 0 Å². The van der Waals surface area contributed by atoms with Crippen molar-refractivity contribution >= 4 is 16.9 Å². The Bertz CT molecular complexity index is 2520. The highest BCUT2D eigenvalue weighted by Crippen LogP contribution is 2.43. The third kappa shape index (κ3) is 8.05. The zero-order chi connectivity index (χ0) is 41.4. The number of nitrogens with zero attached hydrogens (tertiary/aromatic N) is 2. The summed E-state index contributed by atoms with van der Waals surface area (Å²) in [7, 11) is 0. The number of fused-ring (bicyclic) bond motifs is 1. The van der Waals surface area contributed by atoms with Crippen LogP contribution < -0.4 is 11.0 Å². The number of aromatic amines is 1. The van der Waals surface area contributed by atoms with Gasteiger partial charge in [-0.25, -0.2) is 26.7 Å². The molecule has 0 bridgehead atoms. The van der Waals surface area contributed by atoms with Crippen molar-refractivity contribution in [2.45, 2.75) is 57.5 Å². The first-order valence-corrected chi connectivity index (χ1v) is 19.4. The summed E-state index contributed by atoms with van der Waals surface area (Å²) in [5.74, 6) is -12.7. The number of H-pyrrole nitrogens is 1. The fraction of sp³-hybridized carbons (Fsp3) is 0.289. The average molecular weight is 813 g/mol. The van der Waals surface area contributed by atoms with E-state index in [0.29, 0.717) is 12.1 Å². The number of para-hydroxylation sites is 2. The molecule has 5 aromatic carbocycles. The zero-order valence-electron chi connectivity index (χ0n) is 31.9. The molecule has 9 nitrogen and oxygen atoms in total. The summed E-state index contributed by atoms with van der Waals surface area (Å²) in [4.78, 5) is 30.9. The van der Waals surface area contributed by atoms with Gasteiger partial charge in [0.05, 0.1) is 29.8 Å². The molecule has 0 spiro atoms. The Morgan fingerprint density at radius 2 is 1.44 bits per heavy atom. The van der Waals surface area contributed by atoms with Gasteiger partial charge < -0.3 is 29.8 Å². The molecule has 59 heavy (non-hydrogen) atoms. The standard InChI is InChI=1S/C45H41F5N4O5/c1-25-35(23-53-18-16-32(17-19-53)54-34-11-3-2-10-33(34)52-45(54)57)58-44(59-42(25)28-14-12-26(24-55)13-15-28)31-9-5-8-30(21-31)29-7-4-6-27(20-29)22-51-43(56)36-37(46)39(48)41(50)40(49)38(36)47/h2-15,20-21,25,32,35,42,44,55H,16-19,22-24H2,1H3,(H,51,56)(H,52,57)/t25-,35+,42+,44+/m1/s1.